The van der Waals surface area contributed by atoms with E-state index in [0.717, 1.165) is 21.8 Å². The Labute approximate surface area is 209 Å². The van der Waals surface area contributed by atoms with Gasteiger partial charge in [-0.3, -0.25) is 9.59 Å². The molecule has 178 valence electrons. The van der Waals surface area contributed by atoms with Gasteiger partial charge in [0, 0.05) is 16.6 Å². The number of rotatable bonds is 9. The van der Waals surface area contributed by atoms with Crippen LogP contribution >= 0.6 is 11.3 Å². The largest absolute Gasteiger partial charge is 0.497 e. The summed E-state index contributed by atoms with van der Waals surface area (Å²) in [5, 5.41) is 5.66. The lowest BCUT2D eigenvalue weighted by atomic mass is 10.1. The van der Waals surface area contributed by atoms with Crippen LogP contribution in [-0.2, 0) is 22.6 Å². The molecular weight excluding hydrogens is 458 g/mol. The standard InChI is InChI=1S/C28H27N3O3S/c1-20(28(33)29-23-13-15-24(34-2)16-14-23)31(27(32)17-21-9-5-3-6-10-21)18-26-30-25(19-35-26)22-11-7-4-8-12-22/h3-16,19-20H,17-18H2,1-2H3,(H,29,33). The Hall–Kier alpha value is -3.97. The fraction of sp³-hybridized carbons (Fsp3) is 0.179. The highest BCUT2D eigenvalue weighted by Crippen LogP contribution is 2.24. The van der Waals surface area contributed by atoms with Crippen LogP contribution in [0.2, 0.25) is 0 Å². The van der Waals surface area contributed by atoms with E-state index in [-0.39, 0.29) is 24.8 Å². The first-order valence-corrected chi connectivity index (χ1v) is 12.2. The van der Waals surface area contributed by atoms with Crippen molar-refractivity contribution in [3.05, 3.63) is 101 Å². The number of aromatic nitrogens is 1. The van der Waals surface area contributed by atoms with Gasteiger partial charge in [0.1, 0.15) is 16.8 Å². The van der Waals surface area contributed by atoms with Crippen molar-refractivity contribution in [3.63, 3.8) is 0 Å². The SMILES string of the molecule is COc1ccc(NC(=O)C(C)N(Cc2nc(-c3ccccc3)cs2)C(=O)Cc2ccccc2)cc1. The molecule has 1 heterocycles. The molecule has 0 saturated heterocycles. The van der Waals surface area contributed by atoms with Gasteiger partial charge in [-0.15, -0.1) is 11.3 Å². The third-order valence-corrected chi connectivity index (χ3v) is 6.48. The minimum Gasteiger partial charge on any atom is -0.497 e. The summed E-state index contributed by atoms with van der Waals surface area (Å²) in [6, 6.07) is 25.8. The number of hydrogen-bond donors (Lipinski definition) is 1. The number of hydrogen-bond acceptors (Lipinski definition) is 5. The van der Waals surface area contributed by atoms with Crippen molar-refractivity contribution in [3.8, 4) is 17.0 Å². The molecule has 4 aromatic rings. The molecule has 0 aliphatic heterocycles. The van der Waals surface area contributed by atoms with Gasteiger partial charge >= 0.3 is 0 Å². The Balaban J connectivity index is 1.53. The molecule has 0 spiro atoms. The molecule has 1 atom stereocenters. The van der Waals surface area contributed by atoms with E-state index in [1.807, 2.05) is 66.0 Å². The highest BCUT2D eigenvalue weighted by molar-refractivity contribution is 7.09. The molecule has 0 radical (unpaired) electrons. The van der Waals surface area contributed by atoms with Crippen LogP contribution in [0.5, 0.6) is 5.75 Å². The first kappa shape index (κ1) is 24.2. The lowest BCUT2D eigenvalue weighted by Crippen LogP contribution is -2.45. The molecule has 35 heavy (non-hydrogen) atoms. The lowest BCUT2D eigenvalue weighted by Gasteiger charge is -2.28. The monoisotopic (exact) mass is 485 g/mol. The van der Waals surface area contributed by atoms with E-state index in [9.17, 15) is 9.59 Å². The lowest BCUT2D eigenvalue weighted by molar-refractivity contribution is -0.138. The van der Waals surface area contributed by atoms with Crippen molar-refractivity contribution in [2.45, 2.75) is 25.9 Å². The second-order valence-corrected chi connectivity index (χ2v) is 9.01. The number of methoxy groups -OCH3 is 1. The third-order valence-electron chi connectivity index (χ3n) is 5.65. The van der Waals surface area contributed by atoms with Crippen LogP contribution in [0.3, 0.4) is 0 Å². The zero-order chi connectivity index (χ0) is 24.6. The maximum Gasteiger partial charge on any atom is 0.246 e. The number of anilines is 1. The normalized spacial score (nSPS) is 11.5. The molecule has 1 aromatic heterocycles. The average molecular weight is 486 g/mol. The molecule has 6 nitrogen and oxygen atoms in total. The van der Waals surface area contributed by atoms with E-state index < -0.39 is 6.04 Å². The van der Waals surface area contributed by atoms with Crippen molar-refractivity contribution in [2.75, 3.05) is 12.4 Å². The summed E-state index contributed by atoms with van der Waals surface area (Å²) in [4.78, 5) is 32.8. The van der Waals surface area contributed by atoms with Gasteiger partial charge < -0.3 is 15.0 Å². The summed E-state index contributed by atoms with van der Waals surface area (Å²) in [5.41, 5.74) is 3.41. The molecule has 0 aliphatic rings. The van der Waals surface area contributed by atoms with Gasteiger partial charge in [0.15, 0.2) is 0 Å². The first-order valence-electron chi connectivity index (χ1n) is 11.3. The van der Waals surface area contributed by atoms with Gasteiger partial charge in [0.2, 0.25) is 11.8 Å². The minimum absolute atomic E-state index is 0.134. The van der Waals surface area contributed by atoms with Gasteiger partial charge in [-0.25, -0.2) is 4.98 Å². The summed E-state index contributed by atoms with van der Waals surface area (Å²) >= 11 is 1.48. The van der Waals surface area contributed by atoms with Gasteiger partial charge in [-0.2, -0.15) is 0 Å². The van der Waals surface area contributed by atoms with Crippen molar-refractivity contribution >= 4 is 28.8 Å². The Kier molecular flexibility index (Phi) is 7.90. The maximum absolute atomic E-state index is 13.4. The molecule has 0 bridgehead atoms. The zero-order valence-electron chi connectivity index (χ0n) is 19.7. The van der Waals surface area contributed by atoms with Crippen LogP contribution in [0, 0.1) is 0 Å². The molecular formula is C28H27N3O3S. The second kappa shape index (κ2) is 11.4. The fourth-order valence-electron chi connectivity index (χ4n) is 3.65. The van der Waals surface area contributed by atoms with Crippen LogP contribution in [0.1, 0.15) is 17.5 Å². The number of carbonyl (C=O) groups excluding carboxylic acids is 2. The van der Waals surface area contributed by atoms with Gasteiger partial charge in [-0.05, 0) is 36.8 Å². The van der Waals surface area contributed by atoms with Gasteiger partial charge in [-0.1, -0.05) is 60.7 Å². The Morgan fingerprint density at radius 1 is 0.971 bits per heavy atom. The number of nitrogens with zero attached hydrogens (tertiary/aromatic N) is 2. The predicted molar refractivity (Wildman–Crippen MR) is 139 cm³/mol. The Morgan fingerprint density at radius 3 is 2.29 bits per heavy atom. The maximum atomic E-state index is 13.4. The Bertz CT molecular complexity index is 1260. The van der Waals surface area contributed by atoms with E-state index in [1.54, 1.807) is 43.2 Å². The van der Waals surface area contributed by atoms with E-state index in [2.05, 4.69) is 5.32 Å². The number of ether oxygens (including phenoxy) is 1. The molecule has 7 heteroatoms. The van der Waals surface area contributed by atoms with Crippen LogP contribution in [0.25, 0.3) is 11.3 Å². The predicted octanol–water partition coefficient (Wildman–Crippen LogP) is 5.42. The molecule has 4 rings (SSSR count). The molecule has 0 saturated carbocycles. The van der Waals surface area contributed by atoms with E-state index in [4.69, 9.17) is 9.72 Å². The quantitative estimate of drug-likeness (QED) is 0.344. The Morgan fingerprint density at radius 2 is 1.63 bits per heavy atom. The smallest absolute Gasteiger partial charge is 0.246 e. The van der Waals surface area contributed by atoms with Gasteiger partial charge in [0.05, 0.1) is 25.8 Å². The summed E-state index contributed by atoms with van der Waals surface area (Å²) < 4.78 is 5.18. The summed E-state index contributed by atoms with van der Waals surface area (Å²) in [6.07, 6.45) is 0.206. The third kappa shape index (κ3) is 6.33. The molecule has 1 unspecified atom stereocenters. The average Bonchev–Trinajstić information content (AvgIpc) is 3.37. The van der Waals surface area contributed by atoms with Crippen molar-refractivity contribution < 1.29 is 14.3 Å². The van der Waals surface area contributed by atoms with E-state index >= 15 is 0 Å². The second-order valence-electron chi connectivity index (χ2n) is 8.07. The van der Waals surface area contributed by atoms with Gasteiger partial charge in [0.25, 0.3) is 0 Å². The molecule has 2 amide bonds. The minimum atomic E-state index is -0.697. The number of thiazole rings is 1. The number of benzene rings is 3. The number of carbonyl (C=O) groups is 2. The molecule has 0 aliphatic carbocycles. The summed E-state index contributed by atoms with van der Waals surface area (Å²) in [5.74, 6) is 0.301. The molecule has 3 aromatic carbocycles. The highest BCUT2D eigenvalue weighted by Gasteiger charge is 2.27. The van der Waals surface area contributed by atoms with Crippen LogP contribution < -0.4 is 10.1 Å². The molecule has 1 N–H and O–H groups in total. The zero-order valence-corrected chi connectivity index (χ0v) is 20.5. The topological polar surface area (TPSA) is 71.5 Å². The van der Waals surface area contributed by atoms with Crippen molar-refractivity contribution in [1.82, 2.24) is 9.88 Å². The fourth-order valence-corrected chi connectivity index (χ4v) is 4.45. The number of nitrogens with one attached hydrogen (secondary N) is 1. The van der Waals surface area contributed by atoms with Crippen molar-refractivity contribution in [2.24, 2.45) is 0 Å². The van der Waals surface area contributed by atoms with E-state index in [1.165, 1.54) is 11.3 Å². The van der Waals surface area contributed by atoms with Crippen LogP contribution in [0.15, 0.2) is 90.3 Å². The van der Waals surface area contributed by atoms with Crippen LogP contribution in [-0.4, -0.2) is 34.8 Å². The molecule has 0 fully saturated rings. The van der Waals surface area contributed by atoms with Crippen LogP contribution in [0.4, 0.5) is 5.69 Å². The van der Waals surface area contributed by atoms with Crippen molar-refractivity contribution in [1.29, 1.82) is 0 Å². The summed E-state index contributed by atoms with van der Waals surface area (Å²) in [7, 11) is 1.59. The summed E-state index contributed by atoms with van der Waals surface area (Å²) in [6.45, 7) is 1.99. The van der Waals surface area contributed by atoms with E-state index in [0.29, 0.717) is 11.4 Å². The first-order chi connectivity index (χ1) is 17.0. The highest BCUT2D eigenvalue weighted by atomic mass is 32.1. The number of amides is 2.